The topological polar surface area (TPSA) is 38.5 Å². The molecule has 3 rings (SSSR count). The van der Waals surface area contributed by atoms with Gasteiger partial charge in [-0.15, -0.1) is 0 Å². The molecule has 0 aliphatic heterocycles. The number of nitrogens with one attached hydrogen (secondary N) is 1. The van der Waals surface area contributed by atoms with Crippen LogP contribution in [0.2, 0.25) is 0 Å². The highest BCUT2D eigenvalue weighted by Crippen LogP contribution is 2.20. The van der Waals surface area contributed by atoms with Crippen LogP contribution in [0.5, 0.6) is 0 Å². The van der Waals surface area contributed by atoms with Crippen molar-refractivity contribution >= 4 is 39.2 Å². The third-order valence-electron chi connectivity index (χ3n) is 2.98. The van der Waals surface area contributed by atoms with Gasteiger partial charge < -0.3 is 9.55 Å². The fourth-order valence-electron chi connectivity index (χ4n) is 2.01. The number of aryl methyl sites for hydroxylation is 1. The van der Waals surface area contributed by atoms with Gasteiger partial charge in [0.05, 0.1) is 23.3 Å². The van der Waals surface area contributed by atoms with Crippen molar-refractivity contribution in [2.45, 2.75) is 6.54 Å². The number of H-pyrrole nitrogens is 1. The van der Waals surface area contributed by atoms with Crippen LogP contribution in [0.3, 0.4) is 0 Å². The molecule has 2 heterocycles. The van der Waals surface area contributed by atoms with Crippen LogP contribution >= 0.6 is 28.1 Å². The first-order valence-electron chi connectivity index (χ1n) is 5.50. The van der Waals surface area contributed by atoms with Crippen LogP contribution in [0.4, 0.5) is 0 Å². The van der Waals surface area contributed by atoms with Gasteiger partial charge in [-0.3, -0.25) is 4.68 Å². The van der Waals surface area contributed by atoms with E-state index in [2.05, 4.69) is 36.6 Å². The fraction of sp³-hybridized carbons (Fsp3) is 0.167. The van der Waals surface area contributed by atoms with Crippen LogP contribution in [-0.2, 0) is 13.6 Å². The Morgan fingerprint density at radius 3 is 2.94 bits per heavy atom. The van der Waals surface area contributed by atoms with Gasteiger partial charge in [-0.05, 0) is 36.5 Å². The van der Waals surface area contributed by atoms with E-state index in [1.54, 1.807) is 6.20 Å². The normalized spacial score (nSPS) is 11.2. The Morgan fingerprint density at radius 1 is 1.39 bits per heavy atom. The zero-order valence-electron chi connectivity index (χ0n) is 9.72. The molecule has 4 nitrogen and oxygen atoms in total. The quantitative estimate of drug-likeness (QED) is 0.735. The van der Waals surface area contributed by atoms with Crippen molar-refractivity contribution in [3.8, 4) is 0 Å². The Kier molecular flexibility index (Phi) is 2.83. The lowest BCUT2D eigenvalue weighted by Gasteiger charge is -2.05. The second-order valence-corrected chi connectivity index (χ2v) is 5.43. The number of fused-ring (bicyclic) bond motifs is 1. The van der Waals surface area contributed by atoms with E-state index in [4.69, 9.17) is 12.2 Å². The van der Waals surface area contributed by atoms with E-state index in [-0.39, 0.29) is 0 Å². The summed E-state index contributed by atoms with van der Waals surface area (Å²) in [6.07, 6.45) is 1.80. The van der Waals surface area contributed by atoms with Gasteiger partial charge in [0.1, 0.15) is 0 Å². The molecule has 18 heavy (non-hydrogen) atoms. The van der Waals surface area contributed by atoms with Crippen molar-refractivity contribution in [3.05, 3.63) is 45.4 Å². The molecule has 0 saturated carbocycles. The number of halogens is 1. The van der Waals surface area contributed by atoms with E-state index in [0.717, 1.165) is 32.5 Å². The zero-order valence-corrected chi connectivity index (χ0v) is 12.1. The van der Waals surface area contributed by atoms with E-state index < -0.39 is 0 Å². The lowest BCUT2D eigenvalue weighted by Crippen LogP contribution is -2.05. The summed E-state index contributed by atoms with van der Waals surface area (Å²) in [5.41, 5.74) is 3.26. The molecule has 0 saturated heterocycles. The van der Waals surface area contributed by atoms with Gasteiger partial charge in [-0.25, -0.2) is 0 Å². The van der Waals surface area contributed by atoms with Gasteiger partial charge in [0, 0.05) is 17.7 Å². The maximum atomic E-state index is 5.38. The number of imidazole rings is 1. The molecule has 0 radical (unpaired) electrons. The minimum absolute atomic E-state index is 0.719. The number of rotatable bonds is 2. The third kappa shape index (κ3) is 1.91. The van der Waals surface area contributed by atoms with Gasteiger partial charge in [-0.1, -0.05) is 15.9 Å². The predicted molar refractivity (Wildman–Crippen MR) is 77.1 cm³/mol. The molecule has 0 bridgehead atoms. The third-order valence-corrected chi connectivity index (χ3v) is 3.79. The van der Waals surface area contributed by atoms with Gasteiger partial charge in [-0.2, -0.15) is 5.10 Å². The summed E-state index contributed by atoms with van der Waals surface area (Å²) >= 11 is 8.84. The molecular weight excluding hydrogens is 312 g/mol. The summed E-state index contributed by atoms with van der Waals surface area (Å²) in [5.74, 6) is 0. The first kappa shape index (κ1) is 11.7. The molecular formula is C12H11BrN4S. The molecule has 1 N–H and O–H groups in total. The van der Waals surface area contributed by atoms with E-state index in [1.807, 2.05) is 29.9 Å². The Labute approximate surface area is 117 Å². The van der Waals surface area contributed by atoms with Gasteiger partial charge in [0.25, 0.3) is 0 Å². The molecule has 0 fully saturated rings. The molecule has 92 valence electrons. The van der Waals surface area contributed by atoms with Crippen LogP contribution in [0.25, 0.3) is 11.0 Å². The number of nitrogens with zero attached hydrogens (tertiary/aromatic N) is 3. The molecule has 0 spiro atoms. The summed E-state index contributed by atoms with van der Waals surface area (Å²) < 4.78 is 5.70. The maximum absolute atomic E-state index is 5.38. The molecule has 1 aromatic carbocycles. The van der Waals surface area contributed by atoms with Crippen molar-refractivity contribution in [2.75, 3.05) is 0 Å². The molecule has 0 unspecified atom stereocenters. The first-order chi connectivity index (χ1) is 8.65. The van der Waals surface area contributed by atoms with Crippen molar-refractivity contribution in [3.63, 3.8) is 0 Å². The Bertz CT molecular complexity index is 768. The number of aromatic nitrogens is 4. The SMILES string of the molecule is Cn1nccc1Cn1c(=S)[nH]c2cc(Br)ccc21. The van der Waals surface area contributed by atoms with Gasteiger partial charge in [0.2, 0.25) is 0 Å². The minimum atomic E-state index is 0.719. The van der Waals surface area contributed by atoms with Crippen LogP contribution in [0, 0.1) is 4.77 Å². The molecule has 3 aromatic rings. The average molecular weight is 323 g/mol. The molecule has 0 amide bonds. The first-order valence-corrected chi connectivity index (χ1v) is 6.70. The molecule has 0 atom stereocenters. The lowest BCUT2D eigenvalue weighted by atomic mass is 10.3. The summed E-state index contributed by atoms with van der Waals surface area (Å²) in [4.78, 5) is 3.22. The zero-order chi connectivity index (χ0) is 12.7. The highest BCUT2D eigenvalue weighted by atomic mass is 79.9. The average Bonchev–Trinajstić information content (AvgIpc) is 2.85. The highest BCUT2D eigenvalue weighted by Gasteiger charge is 2.07. The molecule has 2 aromatic heterocycles. The lowest BCUT2D eigenvalue weighted by molar-refractivity contribution is 0.671. The Morgan fingerprint density at radius 2 is 2.22 bits per heavy atom. The van der Waals surface area contributed by atoms with E-state index in [0.29, 0.717) is 0 Å². The van der Waals surface area contributed by atoms with Gasteiger partial charge >= 0.3 is 0 Å². The second kappa shape index (κ2) is 4.37. The summed E-state index contributed by atoms with van der Waals surface area (Å²) in [7, 11) is 1.93. The monoisotopic (exact) mass is 322 g/mol. The maximum Gasteiger partial charge on any atom is 0.178 e. The van der Waals surface area contributed by atoms with E-state index in [9.17, 15) is 0 Å². The van der Waals surface area contributed by atoms with Crippen LogP contribution in [-0.4, -0.2) is 19.3 Å². The smallest absolute Gasteiger partial charge is 0.178 e. The number of hydrogen-bond donors (Lipinski definition) is 1. The number of hydrogen-bond acceptors (Lipinski definition) is 2. The molecule has 0 aliphatic carbocycles. The van der Waals surface area contributed by atoms with Gasteiger partial charge in [0.15, 0.2) is 4.77 Å². The van der Waals surface area contributed by atoms with Crippen LogP contribution < -0.4 is 0 Å². The summed E-state index contributed by atoms with van der Waals surface area (Å²) in [6.45, 7) is 0.719. The number of benzene rings is 1. The summed E-state index contributed by atoms with van der Waals surface area (Å²) in [5, 5.41) is 4.17. The Hall–Kier alpha value is -1.40. The van der Waals surface area contributed by atoms with Crippen molar-refractivity contribution in [2.24, 2.45) is 7.05 Å². The van der Waals surface area contributed by atoms with Crippen LogP contribution in [0.1, 0.15) is 5.69 Å². The minimum Gasteiger partial charge on any atom is -0.331 e. The summed E-state index contributed by atoms with van der Waals surface area (Å²) in [6, 6.07) is 8.11. The van der Waals surface area contributed by atoms with Crippen molar-refractivity contribution in [1.29, 1.82) is 0 Å². The largest absolute Gasteiger partial charge is 0.331 e. The standard InChI is InChI=1S/C12H11BrN4S/c1-16-9(4-5-14-16)7-17-11-3-2-8(13)6-10(11)15-12(17)18/h2-6H,7H2,1H3,(H,15,18). The molecule has 6 heteroatoms. The van der Waals surface area contributed by atoms with E-state index in [1.165, 1.54) is 0 Å². The van der Waals surface area contributed by atoms with Crippen molar-refractivity contribution < 1.29 is 0 Å². The highest BCUT2D eigenvalue weighted by molar-refractivity contribution is 9.10. The predicted octanol–water partition coefficient (Wildman–Crippen LogP) is 3.24. The Balaban J connectivity index is 2.15. The number of aromatic amines is 1. The van der Waals surface area contributed by atoms with Crippen molar-refractivity contribution in [1.82, 2.24) is 19.3 Å². The fourth-order valence-corrected chi connectivity index (χ4v) is 2.65. The second-order valence-electron chi connectivity index (χ2n) is 4.12. The molecule has 0 aliphatic rings. The van der Waals surface area contributed by atoms with Crippen LogP contribution in [0.15, 0.2) is 34.9 Å². The van der Waals surface area contributed by atoms with E-state index >= 15 is 0 Å².